The third-order valence-electron chi connectivity index (χ3n) is 4.94. The molecule has 0 aromatic carbocycles. The second-order valence-electron chi connectivity index (χ2n) is 6.11. The standard InChI is InChI=1S/C15H29NO2S/c1-3-18-14-12-13(16-10-7-11-19(2)17)15(14)8-5-4-6-9-15/h13-14,16H,3-12H2,1-2H3. The zero-order valence-corrected chi connectivity index (χ0v) is 13.3. The van der Waals surface area contributed by atoms with Gasteiger partial charge in [0.05, 0.1) is 6.10 Å². The highest BCUT2D eigenvalue weighted by atomic mass is 32.2. The molecule has 2 fully saturated rings. The van der Waals surface area contributed by atoms with Crippen molar-refractivity contribution < 1.29 is 8.95 Å². The fourth-order valence-electron chi connectivity index (χ4n) is 3.90. The summed E-state index contributed by atoms with van der Waals surface area (Å²) in [6.07, 6.45) is 11.2. The predicted molar refractivity (Wildman–Crippen MR) is 80.9 cm³/mol. The van der Waals surface area contributed by atoms with E-state index in [1.807, 2.05) is 0 Å². The van der Waals surface area contributed by atoms with Crippen molar-refractivity contribution in [2.45, 2.75) is 64.0 Å². The molecule has 4 heteroatoms. The molecule has 0 aliphatic heterocycles. The van der Waals surface area contributed by atoms with Crippen LogP contribution in [0.15, 0.2) is 0 Å². The van der Waals surface area contributed by atoms with Crippen LogP contribution in [0.5, 0.6) is 0 Å². The van der Waals surface area contributed by atoms with E-state index in [1.165, 1.54) is 38.5 Å². The third kappa shape index (κ3) is 3.59. The van der Waals surface area contributed by atoms with E-state index >= 15 is 0 Å². The van der Waals surface area contributed by atoms with Crippen LogP contribution < -0.4 is 5.32 Å². The van der Waals surface area contributed by atoms with E-state index < -0.39 is 10.8 Å². The van der Waals surface area contributed by atoms with Gasteiger partial charge < -0.3 is 10.1 Å². The SMILES string of the molecule is CCOC1CC(NCCCS(C)=O)C12CCCCC2. The molecule has 0 aromatic rings. The molecule has 19 heavy (non-hydrogen) atoms. The van der Waals surface area contributed by atoms with Crippen LogP contribution in [0.2, 0.25) is 0 Å². The van der Waals surface area contributed by atoms with E-state index in [0.29, 0.717) is 17.6 Å². The van der Waals surface area contributed by atoms with Gasteiger partial charge in [-0.05, 0) is 39.2 Å². The molecule has 0 heterocycles. The van der Waals surface area contributed by atoms with Crippen LogP contribution in [-0.4, -0.2) is 41.5 Å². The molecule has 2 rings (SSSR count). The molecule has 2 aliphatic carbocycles. The van der Waals surface area contributed by atoms with E-state index in [-0.39, 0.29) is 0 Å². The van der Waals surface area contributed by atoms with Crippen LogP contribution in [0.25, 0.3) is 0 Å². The normalized spacial score (nSPS) is 31.1. The topological polar surface area (TPSA) is 38.3 Å². The van der Waals surface area contributed by atoms with Crippen molar-refractivity contribution in [3.05, 3.63) is 0 Å². The summed E-state index contributed by atoms with van der Waals surface area (Å²) < 4.78 is 17.0. The van der Waals surface area contributed by atoms with Crippen molar-refractivity contribution in [3.63, 3.8) is 0 Å². The maximum absolute atomic E-state index is 11.1. The highest BCUT2D eigenvalue weighted by molar-refractivity contribution is 7.84. The van der Waals surface area contributed by atoms with Crippen molar-refractivity contribution in [1.82, 2.24) is 5.32 Å². The average molecular weight is 287 g/mol. The highest BCUT2D eigenvalue weighted by Crippen LogP contribution is 2.53. The molecule has 2 saturated carbocycles. The van der Waals surface area contributed by atoms with Gasteiger partial charge in [-0.1, -0.05) is 19.3 Å². The molecule has 3 atom stereocenters. The smallest absolute Gasteiger partial charge is 0.0661 e. The first-order chi connectivity index (χ1) is 9.19. The number of ether oxygens (including phenoxy) is 1. The maximum Gasteiger partial charge on any atom is 0.0661 e. The zero-order valence-electron chi connectivity index (χ0n) is 12.5. The molecule has 0 radical (unpaired) electrons. The minimum absolute atomic E-state index is 0.416. The molecule has 0 bridgehead atoms. The van der Waals surface area contributed by atoms with Gasteiger partial charge in [-0.2, -0.15) is 0 Å². The molecule has 3 unspecified atom stereocenters. The minimum atomic E-state index is -0.652. The molecule has 112 valence electrons. The molecule has 0 aromatic heterocycles. The van der Waals surface area contributed by atoms with Gasteiger partial charge in [0.2, 0.25) is 0 Å². The van der Waals surface area contributed by atoms with E-state index in [1.54, 1.807) is 6.26 Å². The van der Waals surface area contributed by atoms with Gasteiger partial charge in [-0.15, -0.1) is 0 Å². The number of rotatable bonds is 7. The Labute approximate surface area is 120 Å². The van der Waals surface area contributed by atoms with E-state index in [9.17, 15) is 4.21 Å². The molecule has 3 nitrogen and oxygen atoms in total. The highest BCUT2D eigenvalue weighted by Gasteiger charge is 2.55. The number of hydrogen-bond donors (Lipinski definition) is 1. The van der Waals surface area contributed by atoms with Gasteiger partial charge >= 0.3 is 0 Å². The lowest BCUT2D eigenvalue weighted by atomic mass is 9.55. The summed E-state index contributed by atoms with van der Waals surface area (Å²) >= 11 is 0. The van der Waals surface area contributed by atoms with Crippen LogP contribution in [0.4, 0.5) is 0 Å². The van der Waals surface area contributed by atoms with E-state index in [2.05, 4.69) is 12.2 Å². The fourth-order valence-corrected chi connectivity index (χ4v) is 4.45. The second-order valence-corrected chi connectivity index (χ2v) is 7.67. The number of hydrogen-bond acceptors (Lipinski definition) is 3. The van der Waals surface area contributed by atoms with Crippen LogP contribution in [0, 0.1) is 5.41 Å². The van der Waals surface area contributed by atoms with Crippen molar-refractivity contribution in [2.24, 2.45) is 5.41 Å². The van der Waals surface area contributed by atoms with Gasteiger partial charge in [0.25, 0.3) is 0 Å². The first-order valence-electron chi connectivity index (χ1n) is 7.84. The first kappa shape index (κ1) is 15.5. The zero-order chi connectivity index (χ0) is 13.7. The van der Waals surface area contributed by atoms with E-state index in [0.717, 1.165) is 25.3 Å². The molecule has 1 N–H and O–H groups in total. The fraction of sp³-hybridized carbons (Fsp3) is 1.00. The Morgan fingerprint density at radius 2 is 2.05 bits per heavy atom. The van der Waals surface area contributed by atoms with Crippen molar-refractivity contribution >= 4 is 10.8 Å². The van der Waals surface area contributed by atoms with Crippen molar-refractivity contribution in [1.29, 1.82) is 0 Å². The Hall–Kier alpha value is 0.0700. The summed E-state index contributed by atoms with van der Waals surface area (Å²) in [6.45, 7) is 3.95. The minimum Gasteiger partial charge on any atom is -0.378 e. The third-order valence-corrected chi connectivity index (χ3v) is 5.80. The van der Waals surface area contributed by atoms with Gasteiger partial charge in [-0.25, -0.2) is 0 Å². The molecular formula is C15H29NO2S. The molecule has 0 saturated heterocycles. The van der Waals surface area contributed by atoms with Crippen molar-refractivity contribution in [2.75, 3.05) is 25.2 Å². The summed E-state index contributed by atoms with van der Waals surface area (Å²) in [6, 6.07) is 0.634. The average Bonchev–Trinajstić information content (AvgIpc) is 2.41. The Kier molecular flexibility index (Phi) is 5.85. The molecular weight excluding hydrogens is 258 g/mol. The van der Waals surface area contributed by atoms with Gasteiger partial charge in [-0.3, -0.25) is 4.21 Å². The van der Waals surface area contributed by atoms with Crippen LogP contribution >= 0.6 is 0 Å². The monoisotopic (exact) mass is 287 g/mol. The second kappa shape index (κ2) is 7.19. The van der Waals surface area contributed by atoms with Crippen molar-refractivity contribution in [3.8, 4) is 0 Å². The van der Waals surface area contributed by atoms with Gasteiger partial charge in [0.1, 0.15) is 0 Å². The van der Waals surface area contributed by atoms with Crippen LogP contribution in [0.3, 0.4) is 0 Å². The van der Waals surface area contributed by atoms with Crippen LogP contribution in [-0.2, 0) is 15.5 Å². The Morgan fingerprint density at radius 3 is 2.68 bits per heavy atom. The summed E-state index contributed by atoms with van der Waals surface area (Å²) in [7, 11) is -0.652. The van der Waals surface area contributed by atoms with Crippen LogP contribution in [0.1, 0.15) is 51.9 Å². The maximum atomic E-state index is 11.1. The lowest BCUT2D eigenvalue weighted by molar-refractivity contribution is -0.149. The van der Waals surface area contributed by atoms with E-state index in [4.69, 9.17) is 4.74 Å². The largest absolute Gasteiger partial charge is 0.378 e. The number of nitrogens with one attached hydrogen (secondary N) is 1. The Bertz CT molecular complexity index is 303. The first-order valence-corrected chi connectivity index (χ1v) is 9.57. The molecule has 1 spiro atoms. The van der Waals surface area contributed by atoms with Gasteiger partial charge in [0.15, 0.2) is 0 Å². The Balaban J connectivity index is 1.81. The Morgan fingerprint density at radius 1 is 1.32 bits per heavy atom. The summed E-state index contributed by atoms with van der Waals surface area (Å²) in [5.74, 6) is 0.821. The summed E-state index contributed by atoms with van der Waals surface area (Å²) in [5.41, 5.74) is 0.416. The quantitative estimate of drug-likeness (QED) is 0.731. The predicted octanol–water partition coefficient (Wildman–Crippen LogP) is 2.47. The lowest BCUT2D eigenvalue weighted by Crippen LogP contribution is -2.64. The summed E-state index contributed by atoms with van der Waals surface area (Å²) in [4.78, 5) is 0. The van der Waals surface area contributed by atoms with Gasteiger partial charge in [0, 0.05) is 40.9 Å². The lowest BCUT2D eigenvalue weighted by Gasteiger charge is -2.58. The molecule has 0 amide bonds. The summed E-state index contributed by atoms with van der Waals surface area (Å²) in [5, 5.41) is 3.71. The molecule has 2 aliphatic rings.